The van der Waals surface area contributed by atoms with E-state index in [0.29, 0.717) is 11.5 Å². The molecule has 0 radical (unpaired) electrons. The summed E-state index contributed by atoms with van der Waals surface area (Å²) in [6.45, 7) is 0. The van der Waals surface area contributed by atoms with Gasteiger partial charge in [-0.2, -0.15) is 0 Å². The molecule has 0 saturated heterocycles. The Hall–Kier alpha value is -3.16. The number of benzene rings is 3. The fourth-order valence-electron chi connectivity index (χ4n) is 3.57. The van der Waals surface area contributed by atoms with E-state index < -0.39 is 16.1 Å². The second kappa shape index (κ2) is 7.27. The van der Waals surface area contributed by atoms with Crippen LogP contribution < -0.4 is 14.8 Å². The van der Waals surface area contributed by atoms with Crippen LogP contribution in [0.3, 0.4) is 0 Å². The number of fused-ring (bicyclic) bond motifs is 2. The lowest BCUT2D eigenvalue weighted by atomic mass is 9.94. The lowest BCUT2D eigenvalue weighted by Crippen LogP contribution is -2.31. The van der Waals surface area contributed by atoms with E-state index >= 15 is 0 Å². The Morgan fingerprint density at radius 1 is 0.867 bits per heavy atom. The second-order valence-corrected chi connectivity index (χ2v) is 9.22. The van der Waals surface area contributed by atoms with Crippen molar-refractivity contribution < 1.29 is 17.9 Å². The fourth-order valence-corrected chi connectivity index (χ4v) is 4.92. The molecule has 1 heterocycles. The molecule has 0 spiro atoms. The molecule has 1 amide bonds. The van der Waals surface area contributed by atoms with Crippen LogP contribution in [0.15, 0.2) is 77.7 Å². The standard InChI is InChI=1S/C23H20N2O4S/c26-23(15-6-5-7-17(14-15)30(27,28)25-16-12-13-16)24-22-18-8-1-3-10-20(18)29-21-11-4-2-9-19(21)22/h1-11,14,16,22,25H,12-13H2,(H,24,26). The average molecular weight is 420 g/mol. The molecule has 6 nitrogen and oxygen atoms in total. The summed E-state index contributed by atoms with van der Waals surface area (Å²) in [7, 11) is -3.63. The summed E-state index contributed by atoms with van der Waals surface area (Å²) in [6, 6.07) is 20.8. The van der Waals surface area contributed by atoms with Gasteiger partial charge in [0.15, 0.2) is 0 Å². The van der Waals surface area contributed by atoms with Crippen LogP contribution in [-0.4, -0.2) is 20.4 Å². The third kappa shape index (κ3) is 3.58. The number of ether oxygens (including phenoxy) is 1. The van der Waals surface area contributed by atoms with Crippen LogP contribution >= 0.6 is 0 Å². The lowest BCUT2D eigenvalue weighted by Gasteiger charge is -2.28. The van der Waals surface area contributed by atoms with Crippen molar-refractivity contribution in [1.29, 1.82) is 0 Å². The van der Waals surface area contributed by atoms with Crippen molar-refractivity contribution >= 4 is 15.9 Å². The van der Waals surface area contributed by atoms with Crippen LogP contribution in [-0.2, 0) is 10.0 Å². The number of para-hydroxylation sites is 2. The molecule has 5 rings (SSSR count). The van der Waals surface area contributed by atoms with Crippen LogP contribution in [0, 0.1) is 0 Å². The molecule has 1 saturated carbocycles. The van der Waals surface area contributed by atoms with E-state index in [1.54, 1.807) is 12.1 Å². The van der Waals surface area contributed by atoms with Gasteiger partial charge in [-0.25, -0.2) is 13.1 Å². The molecule has 1 fully saturated rings. The van der Waals surface area contributed by atoms with Gasteiger partial charge in [-0.05, 0) is 43.2 Å². The first-order chi connectivity index (χ1) is 14.5. The highest BCUT2D eigenvalue weighted by atomic mass is 32.2. The minimum absolute atomic E-state index is 0.00252. The average Bonchev–Trinajstić information content (AvgIpc) is 3.57. The third-order valence-electron chi connectivity index (χ3n) is 5.26. The molecule has 0 aromatic heterocycles. The van der Waals surface area contributed by atoms with Gasteiger partial charge >= 0.3 is 0 Å². The number of carbonyl (C=O) groups excluding carboxylic acids is 1. The fraction of sp³-hybridized carbons (Fsp3) is 0.174. The summed E-state index contributed by atoms with van der Waals surface area (Å²) in [6.07, 6.45) is 1.70. The summed E-state index contributed by atoms with van der Waals surface area (Å²) in [5, 5.41) is 3.05. The molecule has 1 aliphatic heterocycles. The molecule has 7 heteroatoms. The largest absolute Gasteiger partial charge is 0.457 e. The van der Waals surface area contributed by atoms with Crippen molar-refractivity contribution in [3.05, 3.63) is 89.5 Å². The van der Waals surface area contributed by atoms with Gasteiger partial charge in [-0.1, -0.05) is 42.5 Å². The molecule has 2 aliphatic rings. The number of hydrogen-bond acceptors (Lipinski definition) is 4. The van der Waals surface area contributed by atoms with Gasteiger partial charge in [0.25, 0.3) is 5.91 Å². The molecule has 152 valence electrons. The summed E-state index contributed by atoms with van der Waals surface area (Å²) >= 11 is 0. The number of nitrogens with one attached hydrogen (secondary N) is 2. The quantitative estimate of drug-likeness (QED) is 0.658. The van der Waals surface area contributed by atoms with Crippen LogP contribution in [0.2, 0.25) is 0 Å². The normalized spacial score (nSPS) is 15.6. The molecular weight excluding hydrogens is 400 g/mol. The molecule has 0 bridgehead atoms. The first kappa shape index (κ1) is 18.8. The van der Waals surface area contributed by atoms with E-state index in [4.69, 9.17) is 4.74 Å². The van der Waals surface area contributed by atoms with Gasteiger partial charge in [0.1, 0.15) is 11.5 Å². The number of amides is 1. The number of carbonyl (C=O) groups is 1. The zero-order valence-electron chi connectivity index (χ0n) is 16.0. The first-order valence-corrected chi connectivity index (χ1v) is 11.3. The summed E-state index contributed by atoms with van der Waals surface area (Å²) < 4.78 is 33.6. The monoisotopic (exact) mass is 420 g/mol. The number of sulfonamides is 1. The summed E-state index contributed by atoms with van der Waals surface area (Å²) in [5.41, 5.74) is 1.99. The van der Waals surface area contributed by atoms with E-state index in [1.165, 1.54) is 12.1 Å². The molecule has 3 aromatic carbocycles. The van der Waals surface area contributed by atoms with Gasteiger partial charge in [0.2, 0.25) is 10.0 Å². The van der Waals surface area contributed by atoms with Crippen LogP contribution in [0.25, 0.3) is 0 Å². The molecule has 0 unspecified atom stereocenters. The predicted molar refractivity (Wildman–Crippen MR) is 112 cm³/mol. The minimum atomic E-state index is -3.63. The second-order valence-electron chi connectivity index (χ2n) is 7.51. The van der Waals surface area contributed by atoms with E-state index in [2.05, 4.69) is 10.0 Å². The highest BCUT2D eigenvalue weighted by molar-refractivity contribution is 7.89. The SMILES string of the molecule is O=C(NC1c2ccccc2Oc2ccccc21)c1cccc(S(=O)(=O)NC2CC2)c1. The Morgan fingerprint density at radius 3 is 2.13 bits per heavy atom. The van der Waals surface area contributed by atoms with Crippen LogP contribution in [0.4, 0.5) is 0 Å². The van der Waals surface area contributed by atoms with Gasteiger partial charge in [0.05, 0.1) is 10.9 Å². The van der Waals surface area contributed by atoms with E-state index in [-0.39, 0.29) is 22.4 Å². The first-order valence-electron chi connectivity index (χ1n) is 9.80. The molecular formula is C23H20N2O4S. The van der Waals surface area contributed by atoms with Gasteiger partial charge in [-0.15, -0.1) is 0 Å². The van der Waals surface area contributed by atoms with Gasteiger partial charge in [-0.3, -0.25) is 4.79 Å². The summed E-state index contributed by atoms with van der Waals surface area (Å²) in [4.78, 5) is 13.2. The zero-order valence-corrected chi connectivity index (χ0v) is 16.9. The number of hydrogen-bond donors (Lipinski definition) is 2. The maximum atomic E-state index is 13.1. The Labute approximate surface area is 174 Å². The molecule has 30 heavy (non-hydrogen) atoms. The third-order valence-corrected chi connectivity index (χ3v) is 6.78. The molecule has 0 atom stereocenters. The minimum Gasteiger partial charge on any atom is -0.457 e. The lowest BCUT2D eigenvalue weighted by molar-refractivity contribution is 0.0941. The highest BCUT2D eigenvalue weighted by Crippen LogP contribution is 2.42. The topological polar surface area (TPSA) is 84.5 Å². The predicted octanol–water partition coefficient (Wildman–Crippen LogP) is 3.75. The van der Waals surface area contributed by atoms with Gasteiger partial charge < -0.3 is 10.1 Å². The smallest absolute Gasteiger partial charge is 0.252 e. The van der Waals surface area contributed by atoms with E-state index in [9.17, 15) is 13.2 Å². The Balaban J connectivity index is 1.46. The van der Waals surface area contributed by atoms with E-state index in [1.807, 2.05) is 48.5 Å². The zero-order chi connectivity index (χ0) is 20.7. The highest BCUT2D eigenvalue weighted by Gasteiger charge is 2.30. The molecule has 1 aliphatic carbocycles. The van der Waals surface area contributed by atoms with Crippen molar-refractivity contribution in [2.75, 3.05) is 0 Å². The van der Waals surface area contributed by atoms with Crippen LogP contribution in [0.1, 0.15) is 40.4 Å². The molecule has 2 N–H and O–H groups in total. The Morgan fingerprint density at radius 2 is 1.50 bits per heavy atom. The van der Waals surface area contributed by atoms with Crippen molar-refractivity contribution in [2.24, 2.45) is 0 Å². The van der Waals surface area contributed by atoms with Crippen molar-refractivity contribution in [2.45, 2.75) is 29.8 Å². The Bertz CT molecular complexity index is 1190. The summed E-state index contributed by atoms with van der Waals surface area (Å²) in [5.74, 6) is 1.02. The molecule has 3 aromatic rings. The Kier molecular flexibility index (Phi) is 4.56. The van der Waals surface area contributed by atoms with Crippen molar-refractivity contribution in [3.8, 4) is 11.5 Å². The van der Waals surface area contributed by atoms with Crippen molar-refractivity contribution in [1.82, 2.24) is 10.0 Å². The van der Waals surface area contributed by atoms with Crippen molar-refractivity contribution in [3.63, 3.8) is 0 Å². The van der Waals surface area contributed by atoms with Gasteiger partial charge in [0, 0.05) is 22.7 Å². The maximum Gasteiger partial charge on any atom is 0.252 e. The maximum absolute atomic E-state index is 13.1. The number of rotatable bonds is 5. The van der Waals surface area contributed by atoms with Crippen LogP contribution in [0.5, 0.6) is 11.5 Å². The van der Waals surface area contributed by atoms with E-state index in [0.717, 1.165) is 24.0 Å².